The highest BCUT2D eigenvalue weighted by molar-refractivity contribution is 5.99. The summed E-state index contributed by atoms with van der Waals surface area (Å²) in [6, 6.07) is 0. The number of alkyl halides is 3. The second-order valence-corrected chi connectivity index (χ2v) is 4.83. The lowest BCUT2D eigenvalue weighted by molar-refractivity contribution is -0.147. The lowest BCUT2D eigenvalue weighted by Gasteiger charge is -2.38. The van der Waals surface area contributed by atoms with Gasteiger partial charge in [0.15, 0.2) is 11.4 Å². The molecule has 20 heavy (non-hydrogen) atoms. The average molecular weight is 287 g/mol. The molecule has 1 atom stereocenters. The van der Waals surface area contributed by atoms with Crippen LogP contribution >= 0.6 is 0 Å². The highest BCUT2D eigenvalue weighted by Crippen LogP contribution is 2.40. The second-order valence-electron chi connectivity index (χ2n) is 4.83. The maximum Gasteiger partial charge on any atom is 0.407 e. The first kappa shape index (κ1) is 12.9. The normalized spacial score (nSPS) is 24.9. The van der Waals surface area contributed by atoms with Gasteiger partial charge in [-0.2, -0.15) is 18.3 Å². The SMILES string of the molecule is Nc1nccnc1OC12CCC1=NN(CC(F)(F)F)C2. The van der Waals surface area contributed by atoms with Crippen LogP contribution in [-0.4, -0.2) is 45.6 Å². The van der Waals surface area contributed by atoms with Gasteiger partial charge in [-0.15, -0.1) is 0 Å². The lowest BCUT2D eigenvalue weighted by Crippen LogP contribution is -2.54. The van der Waals surface area contributed by atoms with Gasteiger partial charge in [0.1, 0.15) is 6.54 Å². The Labute approximate surface area is 112 Å². The van der Waals surface area contributed by atoms with E-state index < -0.39 is 18.3 Å². The van der Waals surface area contributed by atoms with Gasteiger partial charge in [0.25, 0.3) is 5.88 Å². The molecule has 1 fully saturated rings. The minimum absolute atomic E-state index is 0.0534. The molecule has 0 bridgehead atoms. The molecular weight excluding hydrogens is 275 g/mol. The zero-order valence-corrected chi connectivity index (χ0v) is 10.4. The monoisotopic (exact) mass is 287 g/mol. The summed E-state index contributed by atoms with van der Waals surface area (Å²) in [5.41, 5.74) is 5.40. The third-order valence-corrected chi connectivity index (χ3v) is 3.34. The van der Waals surface area contributed by atoms with Crippen molar-refractivity contribution in [2.24, 2.45) is 5.10 Å². The van der Waals surface area contributed by atoms with Crippen LogP contribution in [0.25, 0.3) is 0 Å². The van der Waals surface area contributed by atoms with E-state index in [1.807, 2.05) is 0 Å². The summed E-state index contributed by atoms with van der Waals surface area (Å²) in [6.07, 6.45) is -0.244. The van der Waals surface area contributed by atoms with E-state index in [1.54, 1.807) is 0 Å². The fourth-order valence-electron chi connectivity index (χ4n) is 2.37. The number of hydrazone groups is 1. The Bertz CT molecular complexity index is 561. The Kier molecular flexibility index (Phi) is 2.73. The van der Waals surface area contributed by atoms with Gasteiger partial charge in [-0.3, -0.25) is 5.01 Å². The number of rotatable bonds is 3. The van der Waals surface area contributed by atoms with Gasteiger partial charge < -0.3 is 10.5 Å². The number of anilines is 1. The van der Waals surface area contributed by atoms with Crippen LogP contribution in [0, 0.1) is 0 Å². The van der Waals surface area contributed by atoms with Crippen molar-refractivity contribution in [2.45, 2.75) is 24.6 Å². The highest BCUT2D eigenvalue weighted by Gasteiger charge is 2.53. The van der Waals surface area contributed by atoms with E-state index in [0.29, 0.717) is 18.6 Å². The van der Waals surface area contributed by atoms with Crippen molar-refractivity contribution in [2.75, 3.05) is 18.8 Å². The average Bonchev–Trinajstić information content (AvgIpc) is 2.55. The molecule has 108 valence electrons. The van der Waals surface area contributed by atoms with Gasteiger partial charge in [-0.1, -0.05) is 0 Å². The molecule has 1 aliphatic heterocycles. The van der Waals surface area contributed by atoms with Gasteiger partial charge in [0.05, 0.1) is 12.3 Å². The van der Waals surface area contributed by atoms with Crippen molar-refractivity contribution in [3.8, 4) is 5.88 Å². The van der Waals surface area contributed by atoms with Crippen LogP contribution in [-0.2, 0) is 0 Å². The predicted octanol–water partition coefficient (Wildman–Crippen LogP) is 1.20. The highest BCUT2D eigenvalue weighted by atomic mass is 19.4. The van der Waals surface area contributed by atoms with Crippen LogP contribution in [0.3, 0.4) is 0 Å². The molecule has 0 aromatic carbocycles. The molecule has 1 aromatic rings. The number of aromatic nitrogens is 2. The summed E-state index contributed by atoms with van der Waals surface area (Å²) < 4.78 is 42.9. The number of hydrogen-bond acceptors (Lipinski definition) is 6. The zero-order valence-electron chi connectivity index (χ0n) is 10.4. The van der Waals surface area contributed by atoms with Crippen molar-refractivity contribution in [1.82, 2.24) is 15.0 Å². The number of hydrogen-bond donors (Lipinski definition) is 1. The van der Waals surface area contributed by atoms with E-state index in [1.165, 1.54) is 12.4 Å². The summed E-state index contributed by atoms with van der Waals surface area (Å²) in [5, 5.41) is 4.94. The summed E-state index contributed by atoms with van der Waals surface area (Å²) in [5.74, 6) is 0.246. The predicted molar refractivity (Wildman–Crippen MR) is 64.1 cm³/mol. The largest absolute Gasteiger partial charge is 0.460 e. The van der Waals surface area contributed by atoms with Crippen LogP contribution < -0.4 is 10.5 Å². The Morgan fingerprint density at radius 2 is 2.10 bits per heavy atom. The van der Waals surface area contributed by atoms with Crippen molar-refractivity contribution < 1.29 is 17.9 Å². The molecule has 0 saturated heterocycles. The van der Waals surface area contributed by atoms with Gasteiger partial charge in [0.2, 0.25) is 0 Å². The maximum absolute atomic E-state index is 12.4. The van der Waals surface area contributed by atoms with E-state index in [2.05, 4.69) is 15.1 Å². The molecule has 2 aliphatic rings. The van der Waals surface area contributed by atoms with E-state index in [0.717, 1.165) is 5.01 Å². The van der Waals surface area contributed by atoms with Crippen molar-refractivity contribution in [1.29, 1.82) is 0 Å². The number of nitrogen functional groups attached to an aromatic ring is 1. The Balaban J connectivity index is 1.75. The van der Waals surface area contributed by atoms with Gasteiger partial charge in [-0.05, 0) is 6.42 Å². The Morgan fingerprint density at radius 1 is 1.35 bits per heavy atom. The molecule has 6 nitrogen and oxygen atoms in total. The summed E-state index contributed by atoms with van der Waals surface area (Å²) in [7, 11) is 0. The van der Waals surface area contributed by atoms with Crippen LogP contribution in [0.4, 0.5) is 19.0 Å². The molecule has 0 radical (unpaired) electrons. The third kappa shape index (κ3) is 2.23. The van der Waals surface area contributed by atoms with E-state index in [-0.39, 0.29) is 18.2 Å². The fourth-order valence-corrected chi connectivity index (χ4v) is 2.37. The van der Waals surface area contributed by atoms with Crippen LogP contribution in [0.1, 0.15) is 12.8 Å². The molecule has 2 N–H and O–H groups in total. The summed E-state index contributed by atoms with van der Waals surface area (Å²) >= 11 is 0. The molecule has 0 spiro atoms. The number of nitrogens with zero attached hydrogens (tertiary/aromatic N) is 4. The minimum Gasteiger partial charge on any atom is -0.460 e. The number of halogens is 3. The third-order valence-electron chi connectivity index (χ3n) is 3.34. The molecule has 1 aromatic heterocycles. The molecule has 1 unspecified atom stereocenters. The van der Waals surface area contributed by atoms with E-state index >= 15 is 0 Å². The number of nitrogens with two attached hydrogens (primary N) is 1. The molecule has 0 amide bonds. The summed E-state index contributed by atoms with van der Waals surface area (Å²) in [6.45, 7) is -1.03. The maximum atomic E-state index is 12.4. The first-order chi connectivity index (χ1) is 9.38. The molecule has 1 saturated carbocycles. The Morgan fingerprint density at radius 3 is 2.70 bits per heavy atom. The molecule has 9 heteroatoms. The molecule has 3 rings (SSSR count). The molecule has 2 heterocycles. The van der Waals surface area contributed by atoms with Crippen molar-refractivity contribution in [3.05, 3.63) is 12.4 Å². The fraction of sp³-hybridized carbons (Fsp3) is 0.545. The topological polar surface area (TPSA) is 76.6 Å². The van der Waals surface area contributed by atoms with E-state index in [4.69, 9.17) is 10.5 Å². The van der Waals surface area contributed by atoms with Crippen LogP contribution in [0.5, 0.6) is 5.88 Å². The minimum atomic E-state index is -4.29. The first-order valence-corrected chi connectivity index (χ1v) is 6.03. The molecule has 1 aliphatic carbocycles. The van der Waals surface area contributed by atoms with Gasteiger partial charge in [0, 0.05) is 18.8 Å². The van der Waals surface area contributed by atoms with Gasteiger partial charge >= 0.3 is 6.18 Å². The van der Waals surface area contributed by atoms with E-state index in [9.17, 15) is 13.2 Å². The summed E-state index contributed by atoms with van der Waals surface area (Å²) in [4.78, 5) is 7.79. The zero-order chi connectivity index (χ0) is 14.4. The van der Waals surface area contributed by atoms with Gasteiger partial charge in [-0.25, -0.2) is 9.97 Å². The van der Waals surface area contributed by atoms with Crippen LogP contribution in [0.15, 0.2) is 17.5 Å². The number of ether oxygens (including phenoxy) is 1. The quantitative estimate of drug-likeness (QED) is 0.904. The smallest absolute Gasteiger partial charge is 0.407 e. The lowest BCUT2D eigenvalue weighted by atomic mass is 9.78. The first-order valence-electron chi connectivity index (χ1n) is 6.03. The second kappa shape index (κ2) is 4.22. The number of fused-ring (bicyclic) bond motifs is 1. The van der Waals surface area contributed by atoms with Crippen molar-refractivity contribution in [3.63, 3.8) is 0 Å². The van der Waals surface area contributed by atoms with Crippen molar-refractivity contribution >= 4 is 11.5 Å². The Hall–Kier alpha value is -2.06. The standard InChI is InChI=1S/C11H12F3N5O/c12-11(13,14)6-19-5-10(2-1-7(10)18-19)20-9-8(15)16-3-4-17-9/h3-4H,1-2,5-6H2,(H2,15,16). The molecular formula is C11H12F3N5O. The van der Waals surface area contributed by atoms with Crippen LogP contribution in [0.2, 0.25) is 0 Å².